The number of hydrogen-bond donors (Lipinski definition) is 0. The van der Waals surface area contributed by atoms with Gasteiger partial charge in [-0.2, -0.15) is 0 Å². The number of piperidine rings is 1. The van der Waals surface area contributed by atoms with Gasteiger partial charge in [0, 0.05) is 37.5 Å². The zero-order valence-electron chi connectivity index (χ0n) is 13.3. The monoisotopic (exact) mass is 318 g/mol. The predicted molar refractivity (Wildman–Crippen MR) is 94.5 cm³/mol. The Morgan fingerprint density at radius 1 is 1.05 bits per heavy atom. The molecule has 120 valence electrons. The Balaban J connectivity index is 1.43. The van der Waals surface area contributed by atoms with Gasteiger partial charge < -0.3 is 9.80 Å². The Labute approximate surface area is 138 Å². The summed E-state index contributed by atoms with van der Waals surface area (Å²) in [5.41, 5.74) is 2.71. The largest absolute Gasteiger partial charge is 0.372 e. The van der Waals surface area contributed by atoms with E-state index in [1.54, 1.807) is 0 Å². The van der Waals surface area contributed by atoms with Gasteiger partial charge in [0.15, 0.2) is 0 Å². The third-order valence-electron chi connectivity index (χ3n) is 4.62. The van der Waals surface area contributed by atoms with E-state index in [1.807, 2.05) is 16.7 Å². The maximum Gasteiger partial charge on any atom is 0.223 e. The van der Waals surface area contributed by atoms with E-state index in [1.165, 1.54) is 43.6 Å². The molecule has 2 heterocycles. The van der Waals surface area contributed by atoms with Crippen molar-refractivity contribution < 1.29 is 4.79 Å². The molecule has 0 aliphatic carbocycles. The van der Waals surface area contributed by atoms with E-state index in [0.29, 0.717) is 12.3 Å². The van der Waals surface area contributed by atoms with Gasteiger partial charge in [0.25, 0.3) is 0 Å². The van der Waals surface area contributed by atoms with Crippen molar-refractivity contribution in [2.75, 3.05) is 36.2 Å². The van der Waals surface area contributed by atoms with Crippen molar-refractivity contribution in [2.45, 2.75) is 38.5 Å². The molecule has 1 amide bonds. The number of carbonyl (C=O) groups is 1. The highest BCUT2D eigenvalue weighted by Gasteiger charge is 2.17. The standard InChI is InChI=1S/C18H26N2OS/c21-18(20-13-14-22-15-20)6-4-5-16-7-9-17(10-8-16)19-11-2-1-3-12-19/h7-10H,1-6,11-15H2. The van der Waals surface area contributed by atoms with Crippen LogP contribution in [0.4, 0.5) is 5.69 Å². The van der Waals surface area contributed by atoms with Crippen molar-refractivity contribution in [1.82, 2.24) is 4.90 Å². The molecule has 0 spiro atoms. The molecule has 0 unspecified atom stereocenters. The van der Waals surface area contributed by atoms with Crippen LogP contribution in [0, 0.1) is 0 Å². The Morgan fingerprint density at radius 3 is 2.50 bits per heavy atom. The smallest absolute Gasteiger partial charge is 0.223 e. The molecular weight excluding hydrogens is 292 g/mol. The van der Waals surface area contributed by atoms with Crippen molar-refractivity contribution in [1.29, 1.82) is 0 Å². The summed E-state index contributed by atoms with van der Waals surface area (Å²) in [5.74, 6) is 2.32. The van der Waals surface area contributed by atoms with Crippen molar-refractivity contribution in [3.05, 3.63) is 29.8 Å². The molecule has 3 rings (SSSR count). The predicted octanol–water partition coefficient (Wildman–Crippen LogP) is 3.53. The molecule has 2 aliphatic heterocycles. The Morgan fingerprint density at radius 2 is 1.82 bits per heavy atom. The van der Waals surface area contributed by atoms with Gasteiger partial charge >= 0.3 is 0 Å². The van der Waals surface area contributed by atoms with Crippen LogP contribution >= 0.6 is 11.8 Å². The van der Waals surface area contributed by atoms with E-state index < -0.39 is 0 Å². The molecular formula is C18H26N2OS. The van der Waals surface area contributed by atoms with Crippen LogP contribution in [0.3, 0.4) is 0 Å². The first-order valence-corrected chi connectivity index (χ1v) is 9.68. The van der Waals surface area contributed by atoms with E-state index in [-0.39, 0.29) is 0 Å². The molecule has 0 aromatic heterocycles. The molecule has 1 aromatic carbocycles. The second-order valence-corrected chi connectivity index (χ2v) is 7.34. The van der Waals surface area contributed by atoms with Crippen LogP contribution in [-0.2, 0) is 11.2 Å². The first-order valence-electron chi connectivity index (χ1n) is 8.52. The van der Waals surface area contributed by atoms with E-state index >= 15 is 0 Å². The fourth-order valence-corrected chi connectivity index (χ4v) is 4.21. The van der Waals surface area contributed by atoms with Crippen LogP contribution < -0.4 is 4.90 Å². The molecule has 1 aromatic rings. The molecule has 0 N–H and O–H groups in total. The van der Waals surface area contributed by atoms with Crippen molar-refractivity contribution in [3.63, 3.8) is 0 Å². The van der Waals surface area contributed by atoms with Gasteiger partial charge in [-0.05, 0) is 49.8 Å². The Bertz CT molecular complexity index is 476. The van der Waals surface area contributed by atoms with Gasteiger partial charge in [-0.15, -0.1) is 11.8 Å². The number of hydrogen-bond acceptors (Lipinski definition) is 3. The van der Waals surface area contributed by atoms with Gasteiger partial charge in [-0.25, -0.2) is 0 Å². The van der Waals surface area contributed by atoms with Gasteiger partial charge in [-0.1, -0.05) is 12.1 Å². The summed E-state index contributed by atoms with van der Waals surface area (Å²) in [7, 11) is 0. The van der Waals surface area contributed by atoms with Crippen LogP contribution in [0.2, 0.25) is 0 Å². The Kier molecular flexibility index (Phi) is 5.65. The average Bonchev–Trinajstić information content (AvgIpc) is 3.11. The molecule has 0 bridgehead atoms. The van der Waals surface area contributed by atoms with Crippen LogP contribution in [-0.4, -0.2) is 42.1 Å². The van der Waals surface area contributed by atoms with Crippen molar-refractivity contribution in [3.8, 4) is 0 Å². The van der Waals surface area contributed by atoms with Crippen LogP contribution in [0.1, 0.15) is 37.7 Å². The second kappa shape index (κ2) is 7.91. The van der Waals surface area contributed by atoms with E-state index in [4.69, 9.17) is 0 Å². The zero-order valence-corrected chi connectivity index (χ0v) is 14.1. The minimum Gasteiger partial charge on any atom is -0.372 e. The lowest BCUT2D eigenvalue weighted by Gasteiger charge is -2.28. The minimum absolute atomic E-state index is 0.329. The lowest BCUT2D eigenvalue weighted by atomic mass is 10.1. The number of anilines is 1. The van der Waals surface area contributed by atoms with Gasteiger partial charge in [-0.3, -0.25) is 4.79 Å². The van der Waals surface area contributed by atoms with Crippen LogP contribution in [0.5, 0.6) is 0 Å². The molecule has 4 heteroatoms. The third kappa shape index (κ3) is 4.19. The maximum absolute atomic E-state index is 12.0. The second-order valence-electron chi connectivity index (χ2n) is 6.26. The highest BCUT2D eigenvalue weighted by molar-refractivity contribution is 7.99. The summed E-state index contributed by atoms with van der Waals surface area (Å²) < 4.78 is 0. The molecule has 2 saturated heterocycles. The quantitative estimate of drug-likeness (QED) is 0.830. The fraction of sp³-hybridized carbons (Fsp3) is 0.611. The number of rotatable bonds is 5. The summed E-state index contributed by atoms with van der Waals surface area (Å²) >= 11 is 1.86. The first kappa shape index (κ1) is 15.7. The first-order chi connectivity index (χ1) is 10.8. The van der Waals surface area contributed by atoms with E-state index in [0.717, 1.165) is 31.0 Å². The highest BCUT2D eigenvalue weighted by Crippen LogP contribution is 2.21. The summed E-state index contributed by atoms with van der Waals surface area (Å²) in [6.45, 7) is 3.33. The molecule has 0 atom stereocenters. The summed E-state index contributed by atoms with van der Waals surface area (Å²) in [5, 5.41) is 0. The van der Waals surface area contributed by atoms with Gasteiger partial charge in [0.2, 0.25) is 5.91 Å². The van der Waals surface area contributed by atoms with E-state index in [9.17, 15) is 4.79 Å². The number of aryl methyl sites for hydroxylation is 1. The number of nitrogens with zero attached hydrogens (tertiary/aromatic N) is 2. The van der Waals surface area contributed by atoms with Crippen molar-refractivity contribution >= 4 is 23.4 Å². The SMILES string of the molecule is O=C(CCCc1ccc(N2CCCCC2)cc1)N1CCSC1. The molecule has 3 nitrogen and oxygen atoms in total. The summed E-state index contributed by atoms with van der Waals surface area (Å²) in [6.07, 6.45) is 6.67. The molecule has 22 heavy (non-hydrogen) atoms. The minimum atomic E-state index is 0.329. The van der Waals surface area contributed by atoms with Crippen molar-refractivity contribution in [2.24, 2.45) is 0 Å². The van der Waals surface area contributed by atoms with Crippen LogP contribution in [0.25, 0.3) is 0 Å². The maximum atomic E-state index is 12.0. The topological polar surface area (TPSA) is 23.6 Å². The average molecular weight is 318 g/mol. The number of benzene rings is 1. The third-order valence-corrected chi connectivity index (χ3v) is 5.58. The lowest BCUT2D eigenvalue weighted by Crippen LogP contribution is -2.29. The molecule has 2 fully saturated rings. The van der Waals surface area contributed by atoms with Crippen LogP contribution in [0.15, 0.2) is 24.3 Å². The van der Waals surface area contributed by atoms with E-state index in [2.05, 4.69) is 29.2 Å². The lowest BCUT2D eigenvalue weighted by molar-refractivity contribution is -0.129. The normalized spacial score (nSPS) is 18.7. The summed E-state index contributed by atoms with van der Waals surface area (Å²) in [4.78, 5) is 16.5. The molecule has 0 saturated carbocycles. The number of amides is 1. The Hall–Kier alpha value is -1.16. The summed E-state index contributed by atoms with van der Waals surface area (Å²) in [6, 6.07) is 8.97. The molecule has 2 aliphatic rings. The molecule has 0 radical (unpaired) electrons. The zero-order chi connectivity index (χ0) is 15.2. The highest BCUT2D eigenvalue weighted by atomic mass is 32.2. The van der Waals surface area contributed by atoms with Gasteiger partial charge in [0.05, 0.1) is 5.88 Å². The number of thioether (sulfide) groups is 1. The fourth-order valence-electron chi connectivity index (χ4n) is 3.24. The van der Waals surface area contributed by atoms with Gasteiger partial charge in [0.1, 0.15) is 0 Å². The number of carbonyl (C=O) groups excluding carboxylic acids is 1.